The van der Waals surface area contributed by atoms with Crippen molar-refractivity contribution in [2.45, 2.75) is 11.1 Å². The molecule has 0 aliphatic carbocycles. The number of pyridine rings is 1. The highest BCUT2D eigenvalue weighted by molar-refractivity contribution is 7.98. The number of hydrogen-bond donors (Lipinski definition) is 1. The van der Waals surface area contributed by atoms with Crippen LogP contribution in [0.25, 0.3) is 22.3 Å². The molecule has 2 aromatic carbocycles. The zero-order valence-corrected chi connectivity index (χ0v) is 14.3. The maximum absolute atomic E-state index is 13.6. The molecule has 0 fully saturated rings. The summed E-state index contributed by atoms with van der Waals surface area (Å²) >= 11 is 1.50. The minimum absolute atomic E-state index is 0.139. The van der Waals surface area contributed by atoms with Crippen molar-refractivity contribution in [2.24, 2.45) is 0 Å². The molecule has 26 heavy (non-hydrogen) atoms. The van der Waals surface area contributed by atoms with E-state index < -0.39 is 23.2 Å². The summed E-state index contributed by atoms with van der Waals surface area (Å²) in [6.07, 6.45) is -2.88. The van der Waals surface area contributed by atoms with Crippen LogP contribution in [-0.4, -0.2) is 11.2 Å². The number of benzene rings is 2. The molecular weight excluding hydrogens is 366 g/mol. The van der Waals surface area contributed by atoms with Gasteiger partial charge in [0, 0.05) is 16.5 Å². The zero-order chi connectivity index (χ0) is 18.9. The van der Waals surface area contributed by atoms with Gasteiger partial charge in [-0.15, -0.1) is 11.8 Å². The van der Waals surface area contributed by atoms with Gasteiger partial charge < -0.3 is 4.98 Å². The van der Waals surface area contributed by atoms with E-state index in [4.69, 9.17) is 0 Å². The number of aromatic nitrogens is 1. The molecule has 0 saturated carbocycles. The molecule has 0 saturated heterocycles. The largest absolute Gasteiger partial charge is 0.431 e. The second-order valence-electron chi connectivity index (χ2n) is 5.53. The number of aromatic amines is 1. The third kappa shape index (κ3) is 3.67. The van der Waals surface area contributed by atoms with Gasteiger partial charge in [0.1, 0.15) is 11.5 Å². The Bertz CT molecular complexity index is 976. The van der Waals surface area contributed by atoms with E-state index in [-0.39, 0.29) is 16.7 Å². The summed E-state index contributed by atoms with van der Waals surface area (Å²) in [6, 6.07) is 12.7. The summed E-state index contributed by atoms with van der Waals surface area (Å²) < 4.78 is 53.9. The summed E-state index contributed by atoms with van der Waals surface area (Å²) in [7, 11) is 0. The van der Waals surface area contributed by atoms with Gasteiger partial charge in [-0.3, -0.25) is 4.79 Å². The highest BCUT2D eigenvalue weighted by Crippen LogP contribution is 2.40. The van der Waals surface area contributed by atoms with E-state index in [1.54, 1.807) is 24.3 Å². The van der Waals surface area contributed by atoms with Crippen LogP contribution in [-0.2, 0) is 6.18 Å². The van der Waals surface area contributed by atoms with Crippen molar-refractivity contribution in [3.05, 3.63) is 76.5 Å². The lowest BCUT2D eigenvalue weighted by atomic mass is 9.93. The highest BCUT2D eigenvalue weighted by atomic mass is 32.2. The van der Waals surface area contributed by atoms with E-state index in [1.165, 1.54) is 23.9 Å². The number of rotatable bonds is 3. The van der Waals surface area contributed by atoms with Crippen LogP contribution in [0.4, 0.5) is 17.6 Å². The molecule has 0 bridgehead atoms. The predicted molar refractivity (Wildman–Crippen MR) is 94.7 cm³/mol. The summed E-state index contributed by atoms with van der Waals surface area (Å²) in [5.74, 6) is -0.558. The summed E-state index contributed by atoms with van der Waals surface area (Å²) in [5, 5.41) is 0. The number of halogens is 4. The highest BCUT2D eigenvalue weighted by Gasteiger charge is 2.36. The van der Waals surface area contributed by atoms with Crippen molar-refractivity contribution in [3.8, 4) is 22.3 Å². The Kier molecular flexibility index (Phi) is 4.91. The summed E-state index contributed by atoms with van der Waals surface area (Å²) in [5.41, 5.74) is -1.42. The van der Waals surface area contributed by atoms with Crippen LogP contribution < -0.4 is 5.56 Å². The van der Waals surface area contributed by atoms with Crippen LogP contribution in [0.15, 0.2) is 64.3 Å². The number of nitrogens with one attached hydrogen (secondary N) is 1. The molecule has 7 heteroatoms. The van der Waals surface area contributed by atoms with Crippen LogP contribution in [0, 0.1) is 5.82 Å². The molecule has 0 aliphatic heterocycles. The average Bonchev–Trinajstić information content (AvgIpc) is 2.61. The van der Waals surface area contributed by atoms with E-state index >= 15 is 0 Å². The minimum atomic E-state index is -4.77. The lowest BCUT2D eigenvalue weighted by molar-refractivity contribution is -0.140. The number of hydrogen-bond acceptors (Lipinski definition) is 2. The molecule has 0 amide bonds. The van der Waals surface area contributed by atoms with Crippen LogP contribution in [0.5, 0.6) is 0 Å². The third-order valence-electron chi connectivity index (χ3n) is 3.86. The van der Waals surface area contributed by atoms with E-state index in [0.717, 1.165) is 23.1 Å². The Morgan fingerprint density at radius 1 is 0.923 bits per heavy atom. The van der Waals surface area contributed by atoms with E-state index in [9.17, 15) is 22.4 Å². The van der Waals surface area contributed by atoms with Gasteiger partial charge in [-0.1, -0.05) is 24.3 Å². The number of thioether (sulfide) groups is 1. The topological polar surface area (TPSA) is 32.9 Å². The summed E-state index contributed by atoms with van der Waals surface area (Å²) in [6.45, 7) is 0. The van der Waals surface area contributed by atoms with Gasteiger partial charge in [-0.05, 0) is 47.2 Å². The van der Waals surface area contributed by atoms with Crippen molar-refractivity contribution >= 4 is 11.8 Å². The second kappa shape index (κ2) is 6.99. The molecule has 0 spiro atoms. The molecule has 1 heterocycles. The van der Waals surface area contributed by atoms with Gasteiger partial charge in [0.05, 0.1) is 0 Å². The lowest BCUT2D eigenvalue weighted by Crippen LogP contribution is -2.18. The van der Waals surface area contributed by atoms with Crippen molar-refractivity contribution < 1.29 is 17.6 Å². The molecule has 134 valence electrons. The third-order valence-corrected chi connectivity index (χ3v) is 4.60. The Morgan fingerprint density at radius 2 is 1.50 bits per heavy atom. The van der Waals surface area contributed by atoms with Crippen molar-refractivity contribution in [3.63, 3.8) is 0 Å². The number of H-pyrrole nitrogens is 1. The SMILES string of the molecule is CSc1ccc(-c2cc(=O)[nH]c(C(F)(F)F)c2-c2ccc(F)cc2)cc1. The molecule has 0 atom stereocenters. The van der Waals surface area contributed by atoms with Crippen LogP contribution in [0.1, 0.15) is 5.69 Å². The molecule has 1 N–H and O–H groups in total. The average molecular weight is 379 g/mol. The Hall–Kier alpha value is -2.54. The van der Waals surface area contributed by atoms with Crippen LogP contribution in [0.2, 0.25) is 0 Å². The van der Waals surface area contributed by atoms with Crippen molar-refractivity contribution in [1.82, 2.24) is 4.98 Å². The first-order valence-electron chi connectivity index (χ1n) is 7.54. The first-order chi connectivity index (χ1) is 12.3. The van der Waals surface area contributed by atoms with Gasteiger partial charge in [0.2, 0.25) is 5.56 Å². The first-order valence-corrected chi connectivity index (χ1v) is 8.77. The van der Waals surface area contributed by atoms with Crippen LogP contribution >= 0.6 is 11.8 Å². The number of alkyl halides is 3. The van der Waals surface area contributed by atoms with E-state index in [2.05, 4.69) is 0 Å². The molecule has 3 aromatic rings. The van der Waals surface area contributed by atoms with Gasteiger partial charge in [0.15, 0.2) is 0 Å². The van der Waals surface area contributed by atoms with Gasteiger partial charge >= 0.3 is 6.18 Å². The standard InChI is InChI=1S/C19H13F4NOS/c1-26-14-8-4-11(5-9-14)15-10-16(25)24-18(19(21,22)23)17(15)12-2-6-13(20)7-3-12/h2-10H,1H3,(H,24,25). The molecule has 0 aliphatic rings. The van der Waals surface area contributed by atoms with Crippen molar-refractivity contribution in [2.75, 3.05) is 6.26 Å². The fourth-order valence-corrected chi connectivity index (χ4v) is 3.10. The van der Waals surface area contributed by atoms with Crippen molar-refractivity contribution in [1.29, 1.82) is 0 Å². The van der Waals surface area contributed by atoms with E-state index in [0.29, 0.717) is 5.56 Å². The van der Waals surface area contributed by atoms with Gasteiger partial charge in [-0.2, -0.15) is 13.2 Å². The Labute approximate surface area is 150 Å². The molecule has 2 nitrogen and oxygen atoms in total. The summed E-state index contributed by atoms with van der Waals surface area (Å²) in [4.78, 5) is 14.7. The minimum Gasteiger partial charge on any atom is -0.318 e. The molecule has 3 rings (SSSR count). The van der Waals surface area contributed by atoms with E-state index in [1.807, 2.05) is 11.2 Å². The fourth-order valence-electron chi connectivity index (χ4n) is 2.69. The quantitative estimate of drug-likeness (QED) is 0.475. The second-order valence-corrected chi connectivity index (χ2v) is 6.41. The Balaban J connectivity index is 2.33. The fraction of sp³-hybridized carbons (Fsp3) is 0.105. The first kappa shape index (κ1) is 18.3. The zero-order valence-electron chi connectivity index (χ0n) is 13.5. The maximum atomic E-state index is 13.6. The molecular formula is C19H13F4NOS. The lowest BCUT2D eigenvalue weighted by Gasteiger charge is -2.17. The van der Waals surface area contributed by atoms with Gasteiger partial charge in [0.25, 0.3) is 0 Å². The normalized spacial score (nSPS) is 11.6. The molecule has 0 unspecified atom stereocenters. The maximum Gasteiger partial charge on any atom is 0.431 e. The molecule has 0 radical (unpaired) electrons. The smallest absolute Gasteiger partial charge is 0.318 e. The Morgan fingerprint density at radius 3 is 2.04 bits per heavy atom. The van der Waals surface area contributed by atoms with Crippen LogP contribution in [0.3, 0.4) is 0 Å². The monoisotopic (exact) mass is 379 g/mol. The predicted octanol–water partition coefficient (Wildman–Crippen LogP) is 5.59. The van der Waals surface area contributed by atoms with Gasteiger partial charge in [-0.25, -0.2) is 4.39 Å². The molecule has 1 aromatic heterocycles.